The van der Waals surface area contributed by atoms with E-state index in [0.29, 0.717) is 17.1 Å². The molecule has 0 saturated heterocycles. The SMILES string of the molecule is CC(C)c1ccccc1NC(=O)NSN=Cc1cc2c(cn1)c(COc1ccc(OC(F)(F)F)cc1)nn2C. The Bertz CT molecular complexity index is 1470. The molecule has 4 aromatic rings. The number of aromatic nitrogens is 3. The average Bonchev–Trinajstić information content (AvgIpc) is 3.20. The number of fused-ring (bicyclic) bond motifs is 1. The maximum atomic E-state index is 12.3. The van der Waals surface area contributed by atoms with Gasteiger partial charge in [0.05, 0.1) is 29.6 Å². The molecule has 39 heavy (non-hydrogen) atoms. The van der Waals surface area contributed by atoms with Gasteiger partial charge in [0.2, 0.25) is 0 Å². The van der Waals surface area contributed by atoms with Crippen LogP contribution in [0.2, 0.25) is 0 Å². The Balaban J connectivity index is 1.33. The Morgan fingerprint density at radius 1 is 1.15 bits per heavy atom. The predicted octanol–water partition coefficient (Wildman–Crippen LogP) is 6.37. The van der Waals surface area contributed by atoms with Gasteiger partial charge < -0.3 is 14.8 Å². The molecule has 2 heterocycles. The first-order chi connectivity index (χ1) is 18.6. The predicted molar refractivity (Wildman–Crippen MR) is 144 cm³/mol. The van der Waals surface area contributed by atoms with Crippen LogP contribution in [0.5, 0.6) is 11.5 Å². The van der Waals surface area contributed by atoms with Gasteiger partial charge in [0.25, 0.3) is 0 Å². The van der Waals surface area contributed by atoms with Crippen LogP contribution in [0.4, 0.5) is 23.7 Å². The molecule has 0 spiro atoms. The maximum absolute atomic E-state index is 12.3. The number of carbonyl (C=O) groups is 1. The first-order valence-corrected chi connectivity index (χ1v) is 12.5. The summed E-state index contributed by atoms with van der Waals surface area (Å²) in [4.78, 5) is 16.6. The number of rotatable bonds is 9. The molecule has 2 N–H and O–H groups in total. The number of anilines is 1. The Labute approximate surface area is 226 Å². The van der Waals surface area contributed by atoms with E-state index in [0.717, 1.165) is 34.3 Å². The van der Waals surface area contributed by atoms with Gasteiger partial charge >= 0.3 is 12.4 Å². The number of pyridine rings is 1. The second-order valence-electron chi connectivity index (χ2n) is 8.63. The van der Waals surface area contributed by atoms with E-state index >= 15 is 0 Å². The lowest BCUT2D eigenvalue weighted by atomic mass is 10.0. The van der Waals surface area contributed by atoms with Gasteiger partial charge in [-0.2, -0.15) is 5.10 Å². The number of halogens is 3. The lowest BCUT2D eigenvalue weighted by Crippen LogP contribution is -2.23. The average molecular weight is 559 g/mol. The maximum Gasteiger partial charge on any atom is 0.573 e. The third-order valence-electron chi connectivity index (χ3n) is 5.47. The highest BCUT2D eigenvalue weighted by molar-refractivity contribution is 7.96. The van der Waals surface area contributed by atoms with E-state index < -0.39 is 12.4 Å². The van der Waals surface area contributed by atoms with Crippen LogP contribution in [0.25, 0.3) is 10.9 Å². The molecule has 0 aliphatic carbocycles. The fourth-order valence-corrected chi connectivity index (χ4v) is 4.06. The molecule has 2 aromatic carbocycles. The minimum Gasteiger partial charge on any atom is -0.487 e. The van der Waals surface area contributed by atoms with Crippen LogP contribution in [-0.4, -0.2) is 33.4 Å². The van der Waals surface area contributed by atoms with Gasteiger partial charge in [0.1, 0.15) is 23.8 Å². The largest absolute Gasteiger partial charge is 0.573 e. The van der Waals surface area contributed by atoms with Crippen LogP contribution in [-0.2, 0) is 13.7 Å². The number of carbonyl (C=O) groups excluding carboxylic acids is 1. The van der Waals surface area contributed by atoms with Crippen molar-refractivity contribution in [1.82, 2.24) is 19.5 Å². The zero-order valence-corrected chi connectivity index (χ0v) is 22.0. The molecule has 0 bridgehead atoms. The molecule has 0 aliphatic rings. The molecule has 13 heteroatoms. The van der Waals surface area contributed by atoms with Crippen LogP contribution in [0, 0.1) is 0 Å². The van der Waals surface area contributed by atoms with Gasteiger partial charge in [-0.3, -0.25) is 14.4 Å². The molecule has 2 aromatic heterocycles. The summed E-state index contributed by atoms with van der Waals surface area (Å²) < 4.78 is 54.9. The minimum absolute atomic E-state index is 0.0841. The van der Waals surface area contributed by atoms with Gasteiger partial charge in [-0.15, -0.1) is 13.2 Å². The van der Waals surface area contributed by atoms with Crippen molar-refractivity contribution in [2.75, 3.05) is 5.32 Å². The Morgan fingerprint density at radius 2 is 1.87 bits per heavy atom. The molecule has 9 nitrogen and oxygen atoms in total. The number of benzene rings is 2. The van der Waals surface area contributed by atoms with Crippen molar-refractivity contribution in [1.29, 1.82) is 0 Å². The highest BCUT2D eigenvalue weighted by Gasteiger charge is 2.31. The molecule has 204 valence electrons. The number of alkyl halides is 3. The van der Waals surface area contributed by atoms with E-state index in [-0.39, 0.29) is 18.3 Å². The highest BCUT2D eigenvalue weighted by atomic mass is 32.2. The topological polar surface area (TPSA) is 103 Å². The molecule has 0 unspecified atom stereocenters. The second kappa shape index (κ2) is 12.1. The minimum atomic E-state index is -4.75. The Morgan fingerprint density at radius 3 is 2.59 bits per heavy atom. The van der Waals surface area contributed by atoms with Crippen LogP contribution in [0.15, 0.2) is 65.2 Å². The number of urea groups is 1. The molecule has 0 atom stereocenters. The third kappa shape index (κ3) is 7.63. The number of nitrogens with one attached hydrogen (secondary N) is 2. The number of ether oxygens (including phenoxy) is 2. The van der Waals surface area contributed by atoms with E-state index in [2.05, 4.69) is 43.1 Å². The summed E-state index contributed by atoms with van der Waals surface area (Å²) in [5, 5.41) is 8.03. The van der Waals surface area contributed by atoms with Crippen LogP contribution in [0.1, 0.15) is 36.7 Å². The van der Waals surface area contributed by atoms with E-state index in [9.17, 15) is 18.0 Å². The summed E-state index contributed by atoms with van der Waals surface area (Å²) in [7, 11) is 1.77. The van der Waals surface area contributed by atoms with Crippen molar-refractivity contribution in [2.24, 2.45) is 11.4 Å². The summed E-state index contributed by atoms with van der Waals surface area (Å²) in [6.45, 7) is 4.19. The standard InChI is InChI=1S/C26H25F3N6O3S/c1-16(2)20-6-4-5-7-22(20)32-25(36)34-39-31-13-17-12-24-21(14-30-17)23(33-35(24)3)15-37-18-8-10-19(11-9-18)38-26(27,28)29/h4-14,16H,15H2,1-3H3,(H2,32,34,36). The summed E-state index contributed by atoms with van der Waals surface area (Å²) >= 11 is 0.868. The van der Waals surface area contributed by atoms with Crippen molar-refractivity contribution in [3.63, 3.8) is 0 Å². The molecular weight excluding hydrogens is 533 g/mol. The fraction of sp³-hybridized carbons (Fsp3) is 0.231. The quantitative estimate of drug-likeness (QED) is 0.183. The van der Waals surface area contributed by atoms with E-state index in [1.165, 1.54) is 30.5 Å². The number of para-hydroxylation sites is 1. The summed E-state index contributed by atoms with van der Waals surface area (Å²) in [5.74, 6) is 0.295. The monoisotopic (exact) mass is 558 g/mol. The van der Waals surface area contributed by atoms with Gasteiger partial charge in [-0.05, 0) is 47.9 Å². The second-order valence-corrected chi connectivity index (χ2v) is 9.23. The zero-order chi connectivity index (χ0) is 28.0. The van der Waals surface area contributed by atoms with Gasteiger partial charge in [-0.25, -0.2) is 9.19 Å². The van der Waals surface area contributed by atoms with E-state index in [1.807, 2.05) is 24.3 Å². The van der Waals surface area contributed by atoms with Crippen molar-refractivity contribution in [3.05, 3.63) is 77.7 Å². The van der Waals surface area contributed by atoms with Crippen LogP contribution >= 0.6 is 12.1 Å². The lowest BCUT2D eigenvalue weighted by Gasteiger charge is -2.13. The number of hydrogen-bond donors (Lipinski definition) is 2. The highest BCUT2D eigenvalue weighted by Crippen LogP contribution is 2.26. The van der Waals surface area contributed by atoms with Crippen molar-refractivity contribution in [2.45, 2.75) is 32.7 Å². The lowest BCUT2D eigenvalue weighted by molar-refractivity contribution is -0.274. The first kappa shape index (κ1) is 27.8. The summed E-state index contributed by atoms with van der Waals surface area (Å²) in [6, 6.07) is 14.1. The molecule has 0 fully saturated rings. The Hall–Kier alpha value is -4.26. The third-order valence-corrected chi connectivity index (χ3v) is 5.96. The Kier molecular flexibility index (Phi) is 8.59. The number of hydrogen-bond acceptors (Lipinski definition) is 7. The smallest absolute Gasteiger partial charge is 0.487 e. The van der Waals surface area contributed by atoms with Gasteiger partial charge in [0, 0.05) is 24.3 Å². The van der Waals surface area contributed by atoms with Gasteiger partial charge in [0.15, 0.2) is 0 Å². The first-order valence-electron chi connectivity index (χ1n) is 11.7. The zero-order valence-electron chi connectivity index (χ0n) is 21.2. The number of nitrogens with zero attached hydrogens (tertiary/aromatic N) is 4. The summed E-state index contributed by atoms with van der Waals surface area (Å²) in [5.41, 5.74) is 3.71. The van der Waals surface area contributed by atoms with Crippen molar-refractivity contribution in [3.8, 4) is 11.5 Å². The normalized spacial score (nSPS) is 11.8. The summed E-state index contributed by atoms with van der Waals surface area (Å²) in [6.07, 6.45) is -1.60. The van der Waals surface area contributed by atoms with Crippen molar-refractivity contribution >= 4 is 41.0 Å². The van der Waals surface area contributed by atoms with E-state index in [1.54, 1.807) is 24.0 Å². The molecule has 0 saturated carbocycles. The fourth-order valence-electron chi connectivity index (χ4n) is 3.72. The molecule has 0 aliphatic heterocycles. The molecular formula is C26H25F3N6O3S. The molecule has 4 rings (SSSR count). The van der Waals surface area contributed by atoms with E-state index in [4.69, 9.17) is 4.74 Å². The number of aryl methyl sites for hydroxylation is 1. The molecule has 0 radical (unpaired) electrons. The van der Waals surface area contributed by atoms with Crippen LogP contribution < -0.4 is 19.5 Å². The van der Waals surface area contributed by atoms with Gasteiger partial charge in [-0.1, -0.05) is 32.0 Å². The molecule has 2 amide bonds. The van der Waals surface area contributed by atoms with Crippen molar-refractivity contribution < 1.29 is 27.4 Å². The van der Waals surface area contributed by atoms with Crippen LogP contribution in [0.3, 0.4) is 0 Å². The number of amides is 2.